The van der Waals surface area contributed by atoms with Gasteiger partial charge in [-0.25, -0.2) is 0 Å². The third-order valence-corrected chi connectivity index (χ3v) is 6.23. The number of ether oxygens (including phenoxy) is 1. The minimum Gasteiger partial charge on any atom is -0.497 e. The van der Waals surface area contributed by atoms with Crippen LogP contribution in [0.4, 0.5) is 0 Å². The molecule has 2 rings (SSSR count). The zero-order valence-electron chi connectivity index (χ0n) is 13.3. The highest BCUT2D eigenvalue weighted by atomic mass is 32.2. The second kappa shape index (κ2) is 6.86. The maximum Gasteiger partial charge on any atom is 0.119 e. The van der Waals surface area contributed by atoms with Gasteiger partial charge in [0, 0.05) is 16.5 Å². The Morgan fingerprint density at radius 3 is 2.65 bits per heavy atom. The van der Waals surface area contributed by atoms with Crippen molar-refractivity contribution >= 4 is 11.8 Å². The summed E-state index contributed by atoms with van der Waals surface area (Å²) in [6, 6.07) is 6.98. The van der Waals surface area contributed by atoms with Crippen LogP contribution in [-0.2, 0) is 6.42 Å². The first kappa shape index (κ1) is 15.7. The quantitative estimate of drug-likeness (QED) is 0.885. The molecule has 1 aromatic carbocycles. The summed E-state index contributed by atoms with van der Waals surface area (Å²) in [6.07, 6.45) is 2.40. The lowest BCUT2D eigenvalue weighted by Gasteiger charge is -2.35. The Morgan fingerprint density at radius 1 is 1.30 bits per heavy atom. The van der Waals surface area contributed by atoms with Crippen LogP contribution in [0.15, 0.2) is 18.2 Å². The Bertz CT molecular complexity index is 447. The molecule has 112 valence electrons. The normalized spacial score (nSPS) is 23.5. The molecule has 3 heteroatoms. The van der Waals surface area contributed by atoms with Gasteiger partial charge < -0.3 is 10.1 Å². The number of hydrogen-bond donors (Lipinski definition) is 1. The largest absolute Gasteiger partial charge is 0.497 e. The van der Waals surface area contributed by atoms with Crippen LogP contribution in [0, 0.1) is 5.92 Å². The van der Waals surface area contributed by atoms with Gasteiger partial charge in [0.15, 0.2) is 0 Å². The highest BCUT2D eigenvalue weighted by Crippen LogP contribution is 2.40. The van der Waals surface area contributed by atoms with Gasteiger partial charge in [-0.05, 0) is 49.1 Å². The second-order valence-corrected chi connectivity index (χ2v) is 7.61. The zero-order chi connectivity index (χ0) is 14.7. The average Bonchev–Trinajstić information content (AvgIpc) is 2.46. The Balaban J connectivity index is 2.19. The molecule has 0 spiro atoms. The van der Waals surface area contributed by atoms with Crippen LogP contribution in [0.1, 0.15) is 44.4 Å². The number of hydrogen-bond acceptors (Lipinski definition) is 3. The lowest BCUT2D eigenvalue weighted by atomic mass is 9.87. The van der Waals surface area contributed by atoms with Gasteiger partial charge in [-0.3, -0.25) is 0 Å². The first-order valence-corrected chi connectivity index (χ1v) is 8.50. The molecule has 0 aromatic heterocycles. The predicted molar refractivity (Wildman–Crippen MR) is 88.8 cm³/mol. The number of methoxy groups -OCH3 is 1. The molecule has 1 aromatic rings. The van der Waals surface area contributed by atoms with Crippen LogP contribution in [0.5, 0.6) is 5.75 Å². The maximum absolute atomic E-state index is 5.35. The van der Waals surface area contributed by atoms with Gasteiger partial charge in [-0.1, -0.05) is 26.8 Å². The molecule has 1 aliphatic carbocycles. The van der Waals surface area contributed by atoms with Crippen molar-refractivity contribution in [2.75, 3.05) is 14.2 Å². The number of fused-ring (bicyclic) bond motifs is 1. The second-order valence-electron chi connectivity index (χ2n) is 5.99. The minimum atomic E-state index is 0.454. The van der Waals surface area contributed by atoms with Gasteiger partial charge >= 0.3 is 0 Å². The van der Waals surface area contributed by atoms with Crippen molar-refractivity contribution in [3.63, 3.8) is 0 Å². The lowest BCUT2D eigenvalue weighted by Crippen LogP contribution is -2.33. The fraction of sp³-hybridized carbons (Fsp3) is 0.647. The van der Waals surface area contributed by atoms with Crippen molar-refractivity contribution < 1.29 is 4.74 Å². The molecule has 0 heterocycles. The number of nitrogens with one attached hydrogen (secondary N) is 1. The predicted octanol–water partition coefficient (Wildman–Crippen LogP) is 4.05. The molecule has 0 amide bonds. The molecule has 3 unspecified atom stereocenters. The Kier molecular flexibility index (Phi) is 5.39. The smallest absolute Gasteiger partial charge is 0.119 e. The summed E-state index contributed by atoms with van der Waals surface area (Å²) in [5.41, 5.74) is 2.89. The van der Waals surface area contributed by atoms with E-state index in [4.69, 9.17) is 4.74 Å². The van der Waals surface area contributed by atoms with Crippen molar-refractivity contribution in [1.82, 2.24) is 5.32 Å². The van der Waals surface area contributed by atoms with Gasteiger partial charge in [0.25, 0.3) is 0 Å². The fourth-order valence-electron chi connectivity index (χ4n) is 2.81. The summed E-state index contributed by atoms with van der Waals surface area (Å²) in [4.78, 5) is 0. The summed E-state index contributed by atoms with van der Waals surface area (Å²) in [7, 11) is 3.82. The van der Waals surface area contributed by atoms with E-state index in [0.29, 0.717) is 16.5 Å². The van der Waals surface area contributed by atoms with Crippen LogP contribution in [0.25, 0.3) is 0 Å². The standard InChI is InChI=1S/C17H27NOS/c1-11(2)12(3)20-16-9-6-13-10-14(19-5)7-8-15(13)17(16)18-4/h7-8,10-12,16-18H,6,9H2,1-5H3. The van der Waals surface area contributed by atoms with Gasteiger partial charge in [-0.2, -0.15) is 11.8 Å². The van der Waals surface area contributed by atoms with Crippen molar-refractivity contribution in [3.05, 3.63) is 29.3 Å². The van der Waals surface area contributed by atoms with Crippen LogP contribution in [-0.4, -0.2) is 24.7 Å². The molecule has 0 saturated carbocycles. The van der Waals surface area contributed by atoms with E-state index in [1.54, 1.807) is 7.11 Å². The Hall–Kier alpha value is -0.670. The summed E-state index contributed by atoms with van der Waals surface area (Å²) in [6.45, 7) is 6.98. The summed E-state index contributed by atoms with van der Waals surface area (Å²) in [5.74, 6) is 1.70. The highest BCUT2D eigenvalue weighted by Gasteiger charge is 2.30. The highest BCUT2D eigenvalue weighted by molar-refractivity contribution is 8.00. The van der Waals surface area contributed by atoms with Crippen LogP contribution in [0.2, 0.25) is 0 Å². The number of rotatable bonds is 5. The molecule has 0 aliphatic heterocycles. The van der Waals surface area contributed by atoms with Crippen LogP contribution in [0.3, 0.4) is 0 Å². The van der Waals surface area contributed by atoms with E-state index in [9.17, 15) is 0 Å². The van der Waals surface area contributed by atoms with E-state index >= 15 is 0 Å². The van der Waals surface area contributed by atoms with E-state index in [1.807, 2.05) is 0 Å². The zero-order valence-corrected chi connectivity index (χ0v) is 14.1. The third-order valence-electron chi connectivity index (χ3n) is 4.39. The number of thioether (sulfide) groups is 1. The molecule has 0 radical (unpaired) electrons. The summed E-state index contributed by atoms with van der Waals surface area (Å²) in [5, 5.41) is 4.90. The van der Waals surface area contributed by atoms with Crippen LogP contribution < -0.4 is 10.1 Å². The summed E-state index contributed by atoms with van der Waals surface area (Å²) >= 11 is 2.14. The molecule has 1 N–H and O–H groups in total. The van der Waals surface area contributed by atoms with E-state index in [0.717, 1.165) is 18.1 Å². The molecule has 20 heavy (non-hydrogen) atoms. The van der Waals surface area contributed by atoms with Gasteiger partial charge in [0.1, 0.15) is 5.75 Å². The monoisotopic (exact) mass is 293 g/mol. The van der Waals surface area contributed by atoms with Crippen molar-refractivity contribution in [2.45, 2.75) is 50.2 Å². The van der Waals surface area contributed by atoms with Gasteiger partial charge in [0.05, 0.1) is 7.11 Å². The molecule has 2 nitrogen and oxygen atoms in total. The number of benzene rings is 1. The van der Waals surface area contributed by atoms with Crippen molar-refractivity contribution in [1.29, 1.82) is 0 Å². The minimum absolute atomic E-state index is 0.454. The van der Waals surface area contributed by atoms with Gasteiger partial charge in [-0.15, -0.1) is 0 Å². The van der Waals surface area contributed by atoms with E-state index in [2.05, 4.69) is 63.1 Å². The Labute approximate surface area is 127 Å². The number of aryl methyl sites for hydroxylation is 1. The van der Waals surface area contributed by atoms with Crippen molar-refractivity contribution in [3.8, 4) is 5.75 Å². The van der Waals surface area contributed by atoms with E-state index in [-0.39, 0.29) is 0 Å². The molecular weight excluding hydrogens is 266 g/mol. The molecule has 0 saturated heterocycles. The first-order valence-electron chi connectivity index (χ1n) is 7.56. The topological polar surface area (TPSA) is 21.3 Å². The van der Waals surface area contributed by atoms with Crippen LogP contribution >= 0.6 is 11.8 Å². The molecule has 0 fully saturated rings. The molecule has 1 aliphatic rings. The average molecular weight is 293 g/mol. The summed E-state index contributed by atoms with van der Waals surface area (Å²) < 4.78 is 5.35. The molecular formula is C17H27NOS. The maximum atomic E-state index is 5.35. The lowest BCUT2D eigenvalue weighted by molar-refractivity contribution is 0.412. The SMILES string of the molecule is CNC1c2ccc(OC)cc2CCC1SC(C)C(C)C. The van der Waals surface area contributed by atoms with Crippen molar-refractivity contribution in [2.24, 2.45) is 5.92 Å². The fourth-order valence-corrected chi connectivity index (χ4v) is 4.37. The van der Waals surface area contributed by atoms with E-state index in [1.165, 1.54) is 17.5 Å². The van der Waals surface area contributed by atoms with Gasteiger partial charge in [0.2, 0.25) is 0 Å². The molecule has 0 bridgehead atoms. The molecule has 3 atom stereocenters. The van der Waals surface area contributed by atoms with E-state index < -0.39 is 0 Å². The third kappa shape index (κ3) is 3.32. The Morgan fingerprint density at radius 2 is 2.05 bits per heavy atom. The first-order chi connectivity index (χ1) is 9.56.